The Morgan fingerprint density at radius 1 is 1.35 bits per heavy atom. The Balaban J connectivity index is 2.17. The number of nitrogens with zero attached hydrogens (tertiary/aromatic N) is 1. The first-order chi connectivity index (χ1) is 9.27. The molecule has 2 rings (SSSR count). The molecule has 1 heterocycles. The van der Waals surface area contributed by atoms with Crippen LogP contribution in [-0.2, 0) is 5.41 Å². The van der Waals surface area contributed by atoms with E-state index in [1.807, 2.05) is 20.8 Å². The van der Waals surface area contributed by atoms with Gasteiger partial charge in [-0.05, 0) is 18.2 Å². The van der Waals surface area contributed by atoms with Crippen molar-refractivity contribution >= 4 is 17.4 Å². The van der Waals surface area contributed by atoms with E-state index >= 15 is 0 Å². The standard InChI is InChI=1S/C14H17FN4O/c1-14(2,3)11-7-12(19-18-11)17-13(20)9-5-4-8(15)6-10(9)16/h4-7H,16H2,1-3H3,(H2,17,18,19,20). The number of benzene rings is 1. The normalized spacial score (nSPS) is 11.4. The molecule has 4 N–H and O–H groups in total. The predicted octanol–water partition coefficient (Wildman–Crippen LogP) is 2.68. The van der Waals surface area contributed by atoms with Gasteiger partial charge in [0.1, 0.15) is 5.82 Å². The number of aromatic amines is 1. The van der Waals surface area contributed by atoms with Crippen LogP contribution in [0.5, 0.6) is 0 Å². The van der Waals surface area contributed by atoms with E-state index < -0.39 is 11.7 Å². The van der Waals surface area contributed by atoms with Gasteiger partial charge in [-0.2, -0.15) is 5.10 Å². The maximum atomic E-state index is 12.9. The highest BCUT2D eigenvalue weighted by molar-refractivity contribution is 6.07. The smallest absolute Gasteiger partial charge is 0.258 e. The Bertz CT molecular complexity index is 643. The summed E-state index contributed by atoms with van der Waals surface area (Å²) >= 11 is 0. The van der Waals surface area contributed by atoms with Gasteiger partial charge in [0.2, 0.25) is 0 Å². The van der Waals surface area contributed by atoms with E-state index in [2.05, 4.69) is 15.5 Å². The fraction of sp³-hybridized carbons (Fsp3) is 0.286. The Morgan fingerprint density at radius 2 is 2.05 bits per heavy atom. The second-order valence-electron chi connectivity index (χ2n) is 5.60. The molecule has 1 aromatic carbocycles. The van der Waals surface area contributed by atoms with E-state index in [9.17, 15) is 9.18 Å². The number of hydrogen-bond donors (Lipinski definition) is 3. The highest BCUT2D eigenvalue weighted by atomic mass is 19.1. The molecule has 0 bridgehead atoms. The van der Waals surface area contributed by atoms with E-state index in [1.165, 1.54) is 12.1 Å². The Labute approximate surface area is 116 Å². The lowest BCUT2D eigenvalue weighted by molar-refractivity contribution is 0.102. The highest BCUT2D eigenvalue weighted by Crippen LogP contribution is 2.22. The van der Waals surface area contributed by atoms with Gasteiger partial charge in [0.05, 0.1) is 5.56 Å². The first kappa shape index (κ1) is 14.0. The summed E-state index contributed by atoms with van der Waals surface area (Å²) in [6, 6.07) is 5.41. The summed E-state index contributed by atoms with van der Waals surface area (Å²) in [5, 5.41) is 9.52. The highest BCUT2D eigenvalue weighted by Gasteiger charge is 2.18. The van der Waals surface area contributed by atoms with Gasteiger partial charge in [-0.3, -0.25) is 9.89 Å². The number of anilines is 2. The molecule has 0 saturated heterocycles. The minimum atomic E-state index is -0.478. The molecule has 20 heavy (non-hydrogen) atoms. The molecule has 6 heteroatoms. The van der Waals surface area contributed by atoms with Crippen molar-refractivity contribution in [2.75, 3.05) is 11.1 Å². The summed E-state index contributed by atoms with van der Waals surface area (Å²) in [5.41, 5.74) is 6.74. The van der Waals surface area contributed by atoms with Crippen molar-refractivity contribution in [1.29, 1.82) is 0 Å². The second kappa shape index (κ2) is 4.96. The number of nitrogen functional groups attached to an aromatic ring is 1. The van der Waals surface area contributed by atoms with E-state index in [0.717, 1.165) is 11.8 Å². The van der Waals surface area contributed by atoms with Crippen LogP contribution < -0.4 is 11.1 Å². The molecule has 2 aromatic rings. The number of H-pyrrole nitrogens is 1. The number of halogens is 1. The third kappa shape index (κ3) is 2.96. The Morgan fingerprint density at radius 3 is 2.60 bits per heavy atom. The average molecular weight is 276 g/mol. The molecular formula is C14H17FN4O. The van der Waals surface area contributed by atoms with Crippen molar-refractivity contribution in [3.05, 3.63) is 41.3 Å². The number of carbonyl (C=O) groups excluding carboxylic acids is 1. The van der Waals surface area contributed by atoms with E-state index in [0.29, 0.717) is 5.82 Å². The maximum absolute atomic E-state index is 12.9. The zero-order valence-corrected chi connectivity index (χ0v) is 11.6. The fourth-order valence-electron chi connectivity index (χ4n) is 1.69. The Kier molecular flexibility index (Phi) is 3.48. The predicted molar refractivity (Wildman–Crippen MR) is 76.1 cm³/mol. The summed E-state index contributed by atoms with van der Waals surface area (Å²) in [6.07, 6.45) is 0. The number of aromatic nitrogens is 2. The van der Waals surface area contributed by atoms with Gasteiger partial charge in [0, 0.05) is 22.9 Å². The summed E-state index contributed by atoms with van der Waals surface area (Å²) in [4.78, 5) is 12.0. The molecule has 5 nitrogen and oxygen atoms in total. The number of carbonyl (C=O) groups is 1. The lowest BCUT2D eigenvalue weighted by Crippen LogP contribution is -2.14. The summed E-state index contributed by atoms with van der Waals surface area (Å²) in [6.45, 7) is 6.10. The van der Waals surface area contributed by atoms with Crippen LogP contribution in [0.2, 0.25) is 0 Å². The quantitative estimate of drug-likeness (QED) is 0.737. The first-order valence-corrected chi connectivity index (χ1v) is 6.19. The number of nitrogens with two attached hydrogens (primary N) is 1. The van der Waals surface area contributed by atoms with Crippen LogP contribution in [0.4, 0.5) is 15.9 Å². The van der Waals surface area contributed by atoms with Crippen molar-refractivity contribution in [1.82, 2.24) is 10.2 Å². The molecule has 0 unspecified atom stereocenters. The molecule has 0 radical (unpaired) electrons. The van der Waals surface area contributed by atoms with Crippen molar-refractivity contribution in [2.24, 2.45) is 0 Å². The van der Waals surface area contributed by atoms with Gasteiger partial charge < -0.3 is 11.1 Å². The van der Waals surface area contributed by atoms with Crippen LogP contribution in [0.3, 0.4) is 0 Å². The molecule has 0 aliphatic rings. The number of amides is 1. The molecule has 1 amide bonds. The van der Waals surface area contributed by atoms with Gasteiger partial charge in [-0.25, -0.2) is 4.39 Å². The molecular weight excluding hydrogens is 259 g/mol. The van der Waals surface area contributed by atoms with Crippen LogP contribution >= 0.6 is 0 Å². The lowest BCUT2D eigenvalue weighted by atomic mass is 9.92. The van der Waals surface area contributed by atoms with Gasteiger partial charge in [-0.1, -0.05) is 20.8 Å². The Hall–Kier alpha value is -2.37. The molecule has 0 aliphatic carbocycles. The number of rotatable bonds is 2. The molecule has 0 atom stereocenters. The van der Waals surface area contributed by atoms with E-state index in [1.54, 1.807) is 6.07 Å². The minimum absolute atomic E-state index is 0.0917. The third-order valence-electron chi connectivity index (χ3n) is 2.89. The van der Waals surface area contributed by atoms with E-state index in [4.69, 9.17) is 5.73 Å². The SMILES string of the molecule is CC(C)(C)c1cc(NC(=O)c2ccc(F)cc2N)n[nH]1. The number of hydrogen-bond acceptors (Lipinski definition) is 3. The first-order valence-electron chi connectivity index (χ1n) is 6.19. The van der Waals surface area contributed by atoms with Crippen molar-refractivity contribution < 1.29 is 9.18 Å². The zero-order chi connectivity index (χ0) is 14.9. The van der Waals surface area contributed by atoms with Crippen LogP contribution in [0.15, 0.2) is 24.3 Å². The van der Waals surface area contributed by atoms with Gasteiger partial charge >= 0.3 is 0 Å². The van der Waals surface area contributed by atoms with Crippen molar-refractivity contribution in [3.8, 4) is 0 Å². The molecule has 0 fully saturated rings. The molecule has 0 saturated carbocycles. The van der Waals surface area contributed by atoms with Gasteiger partial charge in [0.25, 0.3) is 5.91 Å². The van der Waals surface area contributed by atoms with Crippen molar-refractivity contribution in [2.45, 2.75) is 26.2 Å². The van der Waals surface area contributed by atoms with Crippen LogP contribution in [0, 0.1) is 5.82 Å². The number of nitrogens with one attached hydrogen (secondary N) is 2. The maximum Gasteiger partial charge on any atom is 0.258 e. The summed E-state index contributed by atoms with van der Waals surface area (Å²) in [7, 11) is 0. The van der Waals surface area contributed by atoms with Crippen LogP contribution in [0.25, 0.3) is 0 Å². The largest absolute Gasteiger partial charge is 0.398 e. The van der Waals surface area contributed by atoms with Gasteiger partial charge in [-0.15, -0.1) is 0 Å². The molecule has 0 aliphatic heterocycles. The van der Waals surface area contributed by atoms with Gasteiger partial charge in [0.15, 0.2) is 5.82 Å². The topological polar surface area (TPSA) is 83.8 Å². The van der Waals surface area contributed by atoms with Crippen LogP contribution in [-0.4, -0.2) is 16.1 Å². The fourth-order valence-corrected chi connectivity index (χ4v) is 1.69. The molecule has 0 spiro atoms. The minimum Gasteiger partial charge on any atom is -0.398 e. The monoisotopic (exact) mass is 276 g/mol. The average Bonchev–Trinajstić information content (AvgIpc) is 2.76. The van der Waals surface area contributed by atoms with Crippen LogP contribution in [0.1, 0.15) is 36.8 Å². The summed E-state index contributed by atoms with van der Waals surface area (Å²) in [5.74, 6) is -0.494. The van der Waals surface area contributed by atoms with E-state index in [-0.39, 0.29) is 16.7 Å². The third-order valence-corrected chi connectivity index (χ3v) is 2.89. The summed E-state index contributed by atoms with van der Waals surface area (Å²) < 4.78 is 12.9. The molecule has 106 valence electrons. The molecule has 1 aromatic heterocycles. The second-order valence-corrected chi connectivity index (χ2v) is 5.60. The van der Waals surface area contributed by atoms with Crippen molar-refractivity contribution in [3.63, 3.8) is 0 Å². The zero-order valence-electron chi connectivity index (χ0n) is 11.6. The lowest BCUT2D eigenvalue weighted by Gasteiger charge is -2.14.